The van der Waals surface area contributed by atoms with E-state index in [0.29, 0.717) is 18.0 Å². The van der Waals surface area contributed by atoms with Crippen molar-refractivity contribution in [3.8, 4) is 0 Å². The van der Waals surface area contributed by atoms with Crippen molar-refractivity contribution in [2.24, 2.45) is 0 Å². The monoisotopic (exact) mass is 329 g/mol. The summed E-state index contributed by atoms with van der Waals surface area (Å²) in [5, 5.41) is 3.04. The number of carbonyl (C=O) groups is 1. The van der Waals surface area contributed by atoms with Crippen molar-refractivity contribution in [1.82, 2.24) is 5.32 Å². The first-order valence-corrected chi connectivity index (χ1v) is 7.56. The molecular formula is C17H16BrNO. The number of amides is 1. The number of halogens is 1. The van der Waals surface area contributed by atoms with Crippen LogP contribution in [0.2, 0.25) is 0 Å². The summed E-state index contributed by atoms with van der Waals surface area (Å²) in [6, 6.07) is 14.2. The van der Waals surface area contributed by atoms with Crippen LogP contribution >= 0.6 is 15.9 Å². The molecule has 1 unspecified atom stereocenters. The first-order valence-electron chi connectivity index (χ1n) is 6.76. The van der Waals surface area contributed by atoms with Crippen molar-refractivity contribution in [1.29, 1.82) is 0 Å². The molecule has 0 saturated carbocycles. The fraction of sp³-hybridized carbons (Fsp3) is 0.235. The van der Waals surface area contributed by atoms with Crippen molar-refractivity contribution < 1.29 is 4.79 Å². The van der Waals surface area contributed by atoms with Crippen molar-refractivity contribution in [2.45, 2.75) is 19.3 Å². The Kier molecular flexibility index (Phi) is 3.62. The molecular weight excluding hydrogens is 314 g/mol. The molecule has 1 atom stereocenters. The highest BCUT2D eigenvalue weighted by Crippen LogP contribution is 2.34. The van der Waals surface area contributed by atoms with E-state index in [2.05, 4.69) is 45.5 Å². The highest BCUT2D eigenvalue weighted by molar-refractivity contribution is 9.10. The SMILES string of the molecule is Cc1cc(Br)cc(C(=O)NCC2Cc3ccccc32)c1. The van der Waals surface area contributed by atoms with Crippen LogP contribution < -0.4 is 5.32 Å². The Hall–Kier alpha value is -1.61. The molecule has 0 heterocycles. The molecule has 3 rings (SSSR count). The molecule has 0 bridgehead atoms. The van der Waals surface area contributed by atoms with Gasteiger partial charge in [0.05, 0.1) is 0 Å². The summed E-state index contributed by atoms with van der Waals surface area (Å²) in [5.41, 5.74) is 4.58. The normalized spacial score (nSPS) is 16.2. The molecule has 0 spiro atoms. The van der Waals surface area contributed by atoms with E-state index in [1.54, 1.807) is 0 Å². The van der Waals surface area contributed by atoms with E-state index in [-0.39, 0.29) is 5.91 Å². The maximum Gasteiger partial charge on any atom is 0.251 e. The molecule has 2 nitrogen and oxygen atoms in total. The maximum absolute atomic E-state index is 12.2. The van der Waals surface area contributed by atoms with Crippen LogP contribution in [0.5, 0.6) is 0 Å². The van der Waals surface area contributed by atoms with Gasteiger partial charge in [-0.1, -0.05) is 40.2 Å². The Labute approximate surface area is 127 Å². The average molecular weight is 330 g/mol. The molecule has 0 fully saturated rings. The van der Waals surface area contributed by atoms with Crippen LogP contribution in [0.3, 0.4) is 0 Å². The third-order valence-corrected chi connectivity index (χ3v) is 4.23. The number of benzene rings is 2. The molecule has 1 aliphatic carbocycles. The van der Waals surface area contributed by atoms with Gasteiger partial charge >= 0.3 is 0 Å². The van der Waals surface area contributed by atoms with Gasteiger partial charge in [-0.3, -0.25) is 4.79 Å². The molecule has 3 heteroatoms. The molecule has 0 aliphatic heterocycles. The molecule has 0 aromatic heterocycles. The standard InChI is InChI=1S/C17H16BrNO/c1-11-6-13(9-15(18)7-11)17(20)19-10-14-8-12-4-2-3-5-16(12)14/h2-7,9,14H,8,10H2,1H3,(H,19,20). The van der Waals surface area contributed by atoms with Crippen LogP contribution in [-0.4, -0.2) is 12.5 Å². The lowest BCUT2D eigenvalue weighted by molar-refractivity contribution is 0.0950. The Balaban J connectivity index is 1.64. The van der Waals surface area contributed by atoms with Crippen LogP contribution in [0.15, 0.2) is 46.9 Å². The Morgan fingerprint density at radius 2 is 2.10 bits per heavy atom. The summed E-state index contributed by atoms with van der Waals surface area (Å²) in [7, 11) is 0. The van der Waals surface area contributed by atoms with Crippen molar-refractivity contribution in [2.75, 3.05) is 6.54 Å². The Morgan fingerprint density at radius 3 is 2.85 bits per heavy atom. The van der Waals surface area contributed by atoms with Gasteiger partial charge in [-0.25, -0.2) is 0 Å². The summed E-state index contributed by atoms with van der Waals surface area (Å²) in [5.74, 6) is 0.460. The summed E-state index contributed by atoms with van der Waals surface area (Å²) >= 11 is 3.43. The highest BCUT2D eigenvalue weighted by Gasteiger charge is 2.25. The summed E-state index contributed by atoms with van der Waals surface area (Å²) < 4.78 is 0.941. The summed E-state index contributed by atoms with van der Waals surface area (Å²) in [6.07, 6.45) is 1.06. The van der Waals surface area contributed by atoms with E-state index in [1.165, 1.54) is 11.1 Å². The van der Waals surface area contributed by atoms with Crippen LogP contribution in [0.25, 0.3) is 0 Å². The van der Waals surface area contributed by atoms with Gasteiger partial charge in [-0.2, -0.15) is 0 Å². The molecule has 102 valence electrons. The van der Waals surface area contributed by atoms with Crippen molar-refractivity contribution in [3.05, 3.63) is 69.2 Å². The summed E-state index contributed by atoms with van der Waals surface area (Å²) in [6.45, 7) is 2.70. The Morgan fingerprint density at radius 1 is 1.30 bits per heavy atom. The number of fused-ring (bicyclic) bond motifs is 1. The van der Waals surface area contributed by atoms with Gasteiger partial charge in [-0.15, -0.1) is 0 Å². The second-order valence-electron chi connectivity index (χ2n) is 5.33. The maximum atomic E-state index is 12.2. The largest absolute Gasteiger partial charge is 0.351 e. The molecule has 2 aromatic carbocycles. The first-order chi connectivity index (χ1) is 9.63. The smallest absolute Gasteiger partial charge is 0.251 e. The van der Waals surface area contributed by atoms with Crippen molar-refractivity contribution in [3.63, 3.8) is 0 Å². The zero-order valence-corrected chi connectivity index (χ0v) is 12.9. The number of hydrogen-bond acceptors (Lipinski definition) is 1. The number of nitrogens with one attached hydrogen (secondary N) is 1. The lowest BCUT2D eigenvalue weighted by atomic mass is 9.77. The lowest BCUT2D eigenvalue weighted by Crippen LogP contribution is -2.33. The predicted molar refractivity (Wildman–Crippen MR) is 84.1 cm³/mol. The molecule has 0 radical (unpaired) electrons. The number of aryl methyl sites for hydroxylation is 1. The lowest BCUT2D eigenvalue weighted by Gasteiger charge is -2.30. The molecule has 2 aromatic rings. The van der Waals surface area contributed by atoms with Gasteiger partial charge in [0.2, 0.25) is 0 Å². The fourth-order valence-electron chi connectivity index (χ4n) is 2.73. The van der Waals surface area contributed by atoms with E-state index < -0.39 is 0 Å². The number of hydrogen-bond donors (Lipinski definition) is 1. The van der Waals surface area contributed by atoms with Gasteiger partial charge < -0.3 is 5.32 Å². The second kappa shape index (κ2) is 5.41. The van der Waals surface area contributed by atoms with E-state index in [4.69, 9.17) is 0 Å². The van der Waals surface area contributed by atoms with Crippen LogP contribution in [0, 0.1) is 6.92 Å². The molecule has 1 aliphatic rings. The van der Waals surface area contributed by atoms with Gasteiger partial charge in [0.25, 0.3) is 5.91 Å². The first kappa shape index (κ1) is 13.4. The zero-order valence-electron chi connectivity index (χ0n) is 11.3. The van der Waals surface area contributed by atoms with Crippen LogP contribution in [0.1, 0.15) is 33.0 Å². The third-order valence-electron chi connectivity index (χ3n) is 3.77. The third kappa shape index (κ3) is 2.63. The quantitative estimate of drug-likeness (QED) is 0.911. The zero-order chi connectivity index (χ0) is 14.1. The molecule has 20 heavy (non-hydrogen) atoms. The van der Waals surface area contributed by atoms with E-state index in [1.807, 2.05) is 25.1 Å². The summed E-state index contributed by atoms with van der Waals surface area (Å²) in [4.78, 5) is 12.2. The minimum Gasteiger partial charge on any atom is -0.351 e. The van der Waals surface area contributed by atoms with Gasteiger partial charge in [-0.05, 0) is 48.2 Å². The van der Waals surface area contributed by atoms with E-state index in [9.17, 15) is 4.79 Å². The molecule has 1 N–H and O–H groups in total. The number of rotatable bonds is 3. The van der Waals surface area contributed by atoms with Crippen LogP contribution in [-0.2, 0) is 6.42 Å². The molecule has 1 amide bonds. The highest BCUT2D eigenvalue weighted by atomic mass is 79.9. The van der Waals surface area contributed by atoms with Crippen LogP contribution in [0.4, 0.5) is 0 Å². The average Bonchev–Trinajstić information content (AvgIpc) is 2.38. The van der Waals surface area contributed by atoms with Crippen molar-refractivity contribution >= 4 is 21.8 Å². The topological polar surface area (TPSA) is 29.1 Å². The van der Waals surface area contributed by atoms with E-state index in [0.717, 1.165) is 16.5 Å². The van der Waals surface area contributed by atoms with Gasteiger partial charge in [0, 0.05) is 22.5 Å². The minimum absolute atomic E-state index is 0.00113. The van der Waals surface area contributed by atoms with Gasteiger partial charge in [0.1, 0.15) is 0 Å². The second-order valence-corrected chi connectivity index (χ2v) is 6.24. The minimum atomic E-state index is -0.00113. The molecule has 0 saturated heterocycles. The van der Waals surface area contributed by atoms with Gasteiger partial charge in [0.15, 0.2) is 0 Å². The Bertz CT molecular complexity index is 646. The number of carbonyl (C=O) groups excluding carboxylic acids is 1. The predicted octanol–water partition coefficient (Wildman–Crippen LogP) is 3.83. The van der Waals surface area contributed by atoms with E-state index >= 15 is 0 Å². The fourth-order valence-corrected chi connectivity index (χ4v) is 3.34.